The molecule has 1 aromatic carbocycles. The van der Waals surface area contributed by atoms with Crippen LogP contribution in [0.2, 0.25) is 0 Å². The van der Waals surface area contributed by atoms with Crippen LogP contribution in [-0.4, -0.2) is 17.4 Å². The second kappa shape index (κ2) is 7.01. The van der Waals surface area contributed by atoms with Gasteiger partial charge in [-0.2, -0.15) is 0 Å². The molecular formula is C21H27FN2O2. The highest BCUT2D eigenvalue weighted by molar-refractivity contribution is 5.84. The average Bonchev–Trinajstić information content (AvgIpc) is 2.58. The number of amides is 2. The van der Waals surface area contributed by atoms with Crippen LogP contribution < -0.4 is 10.6 Å². The molecule has 4 fully saturated rings. The fraction of sp³-hybridized carbons (Fsp3) is 0.619. The summed E-state index contributed by atoms with van der Waals surface area (Å²) in [5.74, 6) is 1.95. The van der Waals surface area contributed by atoms with E-state index in [0.29, 0.717) is 6.54 Å². The largest absolute Gasteiger partial charge is 0.352 e. The summed E-state index contributed by atoms with van der Waals surface area (Å²) in [6.07, 6.45) is 7.85. The van der Waals surface area contributed by atoms with Crippen molar-refractivity contribution in [1.82, 2.24) is 10.6 Å². The summed E-state index contributed by atoms with van der Waals surface area (Å²) in [6, 6.07) is 6.05. The Bertz CT molecular complexity index is 650. The molecule has 0 atom stereocenters. The number of carbonyl (C=O) groups excluding carboxylic acids is 2. The Morgan fingerprint density at radius 2 is 1.46 bits per heavy atom. The minimum Gasteiger partial charge on any atom is -0.352 e. The molecule has 1 aromatic rings. The van der Waals surface area contributed by atoms with Gasteiger partial charge in [-0.25, -0.2) is 4.39 Å². The van der Waals surface area contributed by atoms with Gasteiger partial charge in [0.15, 0.2) is 0 Å². The van der Waals surface area contributed by atoms with Gasteiger partial charge in [0.1, 0.15) is 5.82 Å². The first-order chi connectivity index (χ1) is 12.5. The molecule has 4 aliphatic rings. The molecule has 0 saturated heterocycles. The third-order valence-corrected chi connectivity index (χ3v) is 6.42. The van der Waals surface area contributed by atoms with Gasteiger partial charge in [0.25, 0.3) is 0 Å². The van der Waals surface area contributed by atoms with Crippen molar-refractivity contribution in [3.8, 4) is 0 Å². The van der Waals surface area contributed by atoms with Crippen molar-refractivity contribution in [2.75, 3.05) is 0 Å². The lowest BCUT2D eigenvalue weighted by Crippen LogP contribution is -2.59. The van der Waals surface area contributed by atoms with Gasteiger partial charge < -0.3 is 10.6 Å². The van der Waals surface area contributed by atoms with E-state index in [1.54, 1.807) is 12.1 Å². The van der Waals surface area contributed by atoms with Gasteiger partial charge in [-0.3, -0.25) is 9.59 Å². The van der Waals surface area contributed by atoms with Crippen LogP contribution >= 0.6 is 0 Å². The van der Waals surface area contributed by atoms with E-state index in [1.165, 1.54) is 31.4 Å². The van der Waals surface area contributed by atoms with Crippen LogP contribution in [0.3, 0.4) is 0 Å². The second-order valence-corrected chi connectivity index (χ2v) is 8.65. The predicted octanol–water partition coefficient (Wildman–Crippen LogP) is 3.31. The van der Waals surface area contributed by atoms with Gasteiger partial charge in [-0.1, -0.05) is 12.1 Å². The monoisotopic (exact) mass is 358 g/mol. The maximum atomic E-state index is 12.9. The number of hydrogen-bond acceptors (Lipinski definition) is 2. The maximum absolute atomic E-state index is 12.9. The molecule has 26 heavy (non-hydrogen) atoms. The normalized spacial score (nSPS) is 31.7. The number of nitrogens with one attached hydrogen (secondary N) is 2. The molecule has 0 aromatic heterocycles. The van der Waals surface area contributed by atoms with E-state index in [4.69, 9.17) is 0 Å². The number of hydrogen-bond donors (Lipinski definition) is 2. The van der Waals surface area contributed by atoms with Gasteiger partial charge in [0, 0.05) is 24.9 Å². The summed E-state index contributed by atoms with van der Waals surface area (Å²) < 4.78 is 12.9. The van der Waals surface area contributed by atoms with Crippen LogP contribution in [0, 0.1) is 23.6 Å². The highest BCUT2D eigenvalue weighted by Gasteiger charge is 2.51. The Morgan fingerprint density at radius 1 is 0.923 bits per heavy atom. The lowest BCUT2D eigenvalue weighted by Gasteiger charge is -2.56. The lowest BCUT2D eigenvalue weighted by atomic mass is 9.53. The van der Waals surface area contributed by atoms with E-state index in [2.05, 4.69) is 10.6 Å². The zero-order chi connectivity index (χ0) is 18.1. The molecule has 0 aliphatic heterocycles. The van der Waals surface area contributed by atoms with Crippen LogP contribution in [0.15, 0.2) is 24.3 Å². The van der Waals surface area contributed by atoms with Crippen LogP contribution in [0.5, 0.6) is 0 Å². The van der Waals surface area contributed by atoms with E-state index < -0.39 is 0 Å². The van der Waals surface area contributed by atoms with Gasteiger partial charge in [-0.15, -0.1) is 0 Å². The fourth-order valence-electron chi connectivity index (χ4n) is 5.74. The minimum atomic E-state index is -0.290. The third kappa shape index (κ3) is 3.92. The predicted molar refractivity (Wildman–Crippen MR) is 96.5 cm³/mol. The second-order valence-electron chi connectivity index (χ2n) is 8.65. The van der Waals surface area contributed by atoms with E-state index in [1.807, 2.05) is 0 Å². The molecule has 0 spiro atoms. The molecule has 2 N–H and O–H groups in total. The molecule has 5 rings (SSSR count). The van der Waals surface area contributed by atoms with Gasteiger partial charge in [-0.05, 0) is 74.0 Å². The van der Waals surface area contributed by atoms with Crippen LogP contribution in [0.4, 0.5) is 4.39 Å². The van der Waals surface area contributed by atoms with Crippen molar-refractivity contribution in [2.24, 2.45) is 17.8 Å². The summed E-state index contributed by atoms with van der Waals surface area (Å²) in [5.41, 5.74) is 0.855. The first-order valence-corrected chi connectivity index (χ1v) is 9.82. The van der Waals surface area contributed by atoms with Crippen LogP contribution in [-0.2, 0) is 16.1 Å². The molecule has 0 radical (unpaired) electrons. The first-order valence-electron chi connectivity index (χ1n) is 9.82. The quantitative estimate of drug-likeness (QED) is 0.820. The van der Waals surface area contributed by atoms with Gasteiger partial charge in [0.05, 0.1) is 0 Å². The van der Waals surface area contributed by atoms with Gasteiger partial charge >= 0.3 is 0 Å². The van der Waals surface area contributed by atoms with Crippen LogP contribution in [0.1, 0.15) is 56.9 Å². The molecule has 2 amide bonds. The highest BCUT2D eigenvalue weighted by Crippen LogP contribution is 2.55. The smallest absolute Gasteiger partial charge is 0.220 e. The summed E-state index contributed by atoms with van der Waals surface area (Å²) in [5, 5.41) is 6.09. The minimum absolute atomic E-state index is 0.00359. The zero-order valence-corrected chi connectivity index (χ0v) is 15.1. The summed E-state index contributed by atoms with van der Waals surface area (Å²) >= 11 is 0. The topological polar surface area (TPSA) is 58.2 Å². The molecule has 5 heteroatoms. The number of carbonyl (C=O) groups is 2. The fourth-order valence-corrected chi connectivity index (χ4v) is 5.74. The van der Waals surface area contributed by atoms with Crippen LogP contribution in [0.25, 0.3) is 0 Å². The van der Waals surface area contributed by atoms with Crippen molar-refractivity contribution < 1.29 is 14.0 Å². The summed E-state index contributed by atoms with van der Waals surface area (Å²) in [4.78, 5) is 24.4. The molecule has 4 saturated carbocycles. The van der Waals surface area contributed by atoms with Crippen molar-refractivity contribution in [3.63, 3.8) is 0 Å². The third-order valence-electron chi connectivity index (χ3n) is 6.42. The van der Waals surface area contributed by atoms with E-state index >= 15 is 0 Å². The van der Waals surface area contributed by atoms with Crippen molar-refractivity contribution in [1.29, 1.82) is 0 Å². The summed E-state index contributed by atoms with van der Waals surface area (Å²) in [6.45, 7) is 0.357. The molecule has 4 bridgehead atoms. The lowest BCUT2D eigenvalue weighted by molar-refractivity contribution is -0.130. The SMILES string of the molecule is O=C(CCC(=O)NC12CC3CC(CC(C3)C1)C2)NCc1ccc(F)cc1. The Morgan fingerprint density at radius 3 is 2.04 bits per heavy atom. The maximum Gasteiger partial charge on any atom is 0.220 e. The molecule has 4 aliphatic carbocycles. The average molecular weight is 358 g/mol. The molecule has 4 nitrogen and oxygen atoms in total. The summed E-state index contributed by atoms with van der Waals surface area (Å²) in [7, 11) is 0. The molecule has 0 unspecified atom stereocenters. The Hall–Kier alpha value is -1.91. The first kappa shape index (κ1) is 17.5. The van der Waals surface area contributed by atoms with E-state index in [0.717, 1.165) is 42.6 Å². The van der Waals surface area contributed by atoms with Crippen molar-refractivity contribution in [3.05, 3.63) is 35.6 Å². The van der Waals surface area contributed by atoms with Gasteiger partial charge in [0.2, 0.25) is 11.8 Å². The number of rotatable bonds is 6. The number of halogens is 1. The van der Waals surface area contributed by atoms with Crippen molar-refractivity contribution in [2.45, 2.75) is 63.5 Å². The zero-order valence-electron chi connectivity index (χ0n) is 15.1. The highest BCUT2D eigenvalue weighted by atomic mass is 19.1. The molecule has 0 heterocycles. The van der Waals surface area contributed by atoms with E-state index in [-0.39, 0.29) is 36.0 Å². The number of benzene rings is 1. The Kier molecular flexibility index (Phi) is 4.72. The van der Waals surface area contributed by atoms with Crippen molar-refractivity contribution >= 4 is 11.8 Å². The Balaban J connectivity index is 1.21. The standard InChI is InChI=1S/C21H27FN2O2/c22-18-3-1-14(2-4-18)13-23-19(25)5-6-20(26)24-21-10-15-7-16(11-21)9-17(8-15)12-21/h1-4,15-17H,5-13H2,(H,23,25)(H,24,26). The van der Waals surface area contributed by atoms with E-state index in [9.17, 15) is 14.0 Å². The molecule has 140 valence electrons. The Labute approximate surface area is 153 Å². The molecular weight excluding hydrogens is 331 g/mol.